The fourth-order valence-corrected chi connectivity index (χ4v) is 3.09. The summed E-state index contributed by atoms with van der Waals surface area (Å²) in [4.78, 5) is 7.11. The number of nitrogens with zero attached hydrogens (tertiary/aromatic N) is 2. The number of likely N-dealkylation sites (tertiary alicyclic amines) is 1. The number of fused-ring (bicyclic) bond motifs is 1. The molecule has 2 aliphatic rings. The Labute approximate surface area is 114 Å². The van der Waals surface area contributed by atoms with Crippen LogP contribution in [0.4, 0.5) is 11.4 Å². The van der Waals surface area contributed by atoms with Crippen molar-refractivity contribution in [3.05, 3.63) is 18.2 Å². The summed E-state index contributed by atoms with van der Waals surface area (Å²) in [6.07, 6.45) is 1.30. The number of nitrogens with two attached hydrogens (primary N) is 1. The number of benzene rings is 1. The lowest BCUT2D eigenvalue weighted by atomic mass is 9.92. The summed E-state index contributed by atoms with van der Waals surface area (Å²) in [5.74, 6) is 3.29. The molecule has 0 aromatic heterocycles. The molecule has 2 atom stereocenters. The summed E-state index contributed by atoms with van der Waals surface area (Å²) < 4.78 is 5.79. The Balaban J connectivity index is 1.84. The Bertz CT molecular complexity index is 502. The smallest absolute Gasteiger partial charge is 0.147 e. The van der Waals surface area contributed by atoms with E-state index < -0.39 is 0 Å². The van der Waals surface area contributed by atoms with Crippen molar-refractivity contribution in [2.75, 3.05) is 25.4 Å². The monoisotopic (exact) mass is 259 g/mol. The number of piperidine rings is 1. The molecule has 0 radical (unpaired) electrons. The average Bonchev–Trinajstić information content (AvgIpc) is 2.37. The van der Waals surface area contributed by atoms with Crippen molar-refractivity contribution in [1.82, 2.24) is 4.90 Å². The van der Waals surface area contributed by atoms with Gasteiger partial charge in [-0.25, -0.2) is 4.99 Å². The van der Waals surface area contributed by atoms with Crippen LogP contribution in [0.2, 0.25) is 0 Å². The minimum atomic E-state index is 0.551. The molecule has 1 fully saturated rings. The molecule has 1 aromatic rings. The van der Waals surface area contributed by atoms with Gasteiger partial charge >= 0.3 is 0 Å². The first-order valence-corrected chi connectivity index (χ1v) is 6.96. The second kappa shape index (κ2) is 4.76. The highest BCUT2D eigenvalue weighted by Gasteiger charge is 2.26. The zero-order valence-electron chi connectivity index (χ0n) is 11.6. The highest BCUT2D eigenvalue weighted by Crippen LogP contribution is 2.33. The maximum Gasteiger partial charge on any atom is 0.147 e. The SMILES string of the molecule is CC1CC(C)CN(C2=Nc3ccc(N)cc3OC2)C1. The van der Waals surface area contributed by atoms with Crippen molar-refractivity contribution in [1.29, 1.82) is 0 Å². The molecule has 102 valence electrons. The summed E-state index contributed by atoms with van der Waals surface area (Å²) in [5.41, 5.74) is 7.37. The molecule has 1 aromatic carbocycles. The maximum atomic E-state index is 5.79. The van der Waals surface area contributed by atoms with Gasteiger partial charge in [-0.3, -0.25) is 0 Å². The van der Waals surface area contributed by atoms with Gasteiger partial charge in [-0.15, -0.1) is 0 Å². The zero-order valence-corrected chi connectivity index (χ0v) is 11.6. The number of ether oxygens (including phenoxy) is 1. The van der Waals surface area contributed by atoms with Gasteiger partial charge in [-0.05, 0) is 30.4 Å². The lowest BCUT2D eigenvalue weighted by molar-refractivity contribution is 0.202. The summed E-state index contributed by atoms with van der Waals surface area (Å²) in [6.45, 7) is 7.33. The fraction of sp³-hybridized carbons (Fsp3) is 0.533. The molecule has 2 N–H and O–H groups in total. The molecule has 19 heavy (non-hydrogen) atoms. The molecule has 0 saturated carbocycles. The van der Waals surface area contributed by atoms with Gasteiger partial charge in [0.15, 0.2) is 0 Å². The van der Waals surface area contributed by atoms with Crippen molar-refractivity contribution in [2.24, 2.45) is 16.8 Å². The maximum absolute atomic E-state index is 5.79. The van der Waals surface area contributed by atoms with E-state index >= 15 is 0 Å². The Kier molecular flexibility index (Phi) is 3.09. The number of hydrogen-bond acceptors (Lipinski definition) is 4. The number of anilines is 1. The van der Waals surface area contributed by atoms with Crippen molar-refractivity contribution in [2.45, 2.75) is 20.3 Å². The quantitative estimate of drug-likeness (QED) is 0.729. The van der Waals surface area contributed by atoms with Crippen LogP contribution in [0.3, 0.4) is 0 Å². The molecule has 2 unspecified atom stereocenters. The van der Waals surface area contributed by atoms with E-state index in [9.17, 15) is 0 Å². The van der Waals surface area contributed by atoms with Gasteiger partial charge in [-0.1, -0.05) is 13.8 Å². The van der Waals surface area contributed by atoms with Crippen LogP contribution in [-0.2, 0) is 0 Å². The molecule has 2 heterocycles. The predicted molar refractivity (Wildman–Crippen MR) is 78.0 cm³/mol. The number of aliphatic imine (C=N–C) groups is 1. The molecule has 2 aliphatic heterocycles. The molecule has 4 heteroatoms. The van der Waals surface area contributed by atoms with Crippen LogP contribution in [-0.4, -0.2) is 30.4 Å². The molecular weight excluding hydrogens is 238 g/mol. The van der Waals surface area contributed by atoms with Gasteiger partial charge in [0.1, 0.15) is 23.9 Å². The van der Waals surface area contributed by atoms with Crippen LogP contribution in [0.1, 0.15) is 20.3 Å². The van der Waals surface area contributed by atoms with E-state index in [1.807, 2.05) is 18.2 Å². The van der Waals surface area contributed by atoms with E-state index in [0.717, 1.165) is 47.9 Å². The molecule has 3 rings (SSSR count). The van der Waals surface area contributed by atoms with E-state index in [0.29, 0.717) is 6.61 Å². The van der Waals surface area contributed by atoms with Crippen LogP contribution in [0.15, 0.2) is 23.2 Å². The second-order valence-corrected chi connectivity index (χ2v) is 5.89. The highest BCUT2D eigenvalue weighted by atomic mass is 16.5. The first-order chi connectivity index (χ1) is 9.11. The molecular formula is C15H21N3O. The Hall–Kier alpha value is -1.71. The highest BCUT2D eigenvalue weighted by molar-refractivity contribution is 5.89. The third-order valence-electron chi connectivity index (χ3n) is 3.82. The summed E-state index contributed by atoms with van der Waals surface area (Å²) >= 11 is 0. The van der Waals surface area contributed by atoms with Crippen LogP contribution in [0.5, 0.6) is 5.75 Å². The Morgan fingerprint density at radius 2 is 2.00 bits per heavy atom. The third kappa shape index (κ3) is 2.53. The fourth-order valence-electron chi connectivity index (χ4n) is 3.09. The van der Waals surface area contributed by atoms with E-state index in [2.05, 4.69) is 18.7 Å². The summed E-state index contributed by atoms with van der Waals surface area (Å²) in [5, 5.41) is 0. The van der Waals surface area contributed by atoms with Gasteiger partial charge in [0.2, 0.25) is 0 Å². The molecule has 0 bridgehead atoms. The molecule has 0 spiro atoms. The molecule has 1 saturated heterocycles. The van der Waals surface area contributed by atoms with E-state index in [1.165, 1.54) is 6.42 Å². The van der Waals surface area contributed by atoms with Crippen LogP contribution in [0, 0.1) is 11.8 Å². The Morgan fingerprint density at radius 3 is 2.74 bits per heavy atom. The van der Waals surface area contributed by atoms with Gasteiger partial charge < -0.3 is 15.4 Å². The average molecular weight is 259 g/mol. The van der Waals surface area contributed by atoms with Crippen LogP contribution in [0.25, 0.3) is 0 Å². The summed E-state index contributed by atoms with van der Waals surface area (Å²) in [7, 11) is 0. The number of hydrogen-bond donors (Lipinski definition) is 1. The van der Waals surface area contributed by atoms with E-state index in [1.54, 1.807) is 0 Å². The van der Waals surface area contributed by atoms with Crippen molar-refractivity contribution < 1.29 is 4.74 Å². The largest absolute Gasteiger partial charge is 0.483 e. The topological polar surface area (TPSA) is 50.8 Å². The summed E-state index contributed by atoms with van der Waals surface area (Å²) in [6, 6.07) is 5.65. The molecule has 0 aliphatic carbocycles. The number of nitrogen functional groups attached to an aromatic ring is 1. The number of rotatable bonds is 0. The first kappa shape index (κ1) is 12.3. The predicted octanol–water partition coefficient (Wildman–Crippen LogP) is 2.67. The minimum absolute atomic E-state index is 0.551. The van der Waals surface area contributed by atoms with Crippen molar-refractivity contribution >= 4 is 17.2 Å². The van der Waals surface area contributed by atoms with Gasteiger partial charge in [-0.2, -0.15) is 0 Å². The molecule has 0 amide bonds. The minimum Gasteiger partial charge on any atom is -0.483 e. The Morgan fingerprint density at radius 1 is 1.26 bits per heavy atom. The van der Waals surface area contributed by atoms with Crippen molar-refractivity contribution in [3.8, 4) is 5.75 Å². The number of amidine groups is 1. The van der Waals surface area contributed by atoms with E-state index in [-0.39, 0.29) is 0 Å². The lowest BCUT2D eigenvalue weighted by Gasteiger charge is -2.37. The van der Waals surface area contributed by atoms with Gasteiger partial charge in [0.05, 0.1) is 0 Å². The van der Waals surface area contributed by atoms with Crippen LogP contribution >= 0.6 is 0 Å². The van der Waals surface area contributed by atoms with Crippen LogP contribution < -0.4 is 10.5 Å². The van der Waals surface area contributed by atoms with Crippen molar-refractivity contribution in [3.63, 3.8) is 0 Å². The first-order valence-electron chi connectivity index (χ1n) is 6.96. The normalized spacial score (nSPS) is 26.4. The second-order valence-electron chi connectivity index (χ2n) is 5.89. The molecule has 4 nitrogen and oxygen atoms in total. The lowest BCUT2D eigenvalue weighted by Crippen LogP contribution is -2.45. The van der Waals surface area contributed by atoms with E-state index in [4.69, 9.17) is 15.5 Å². The standard InChI is InChI=1S/C15H21N3O/c1-10-5-11(2)8-18(7-10)15-9-19-14-6-12(16)3-4-13(14)17-15/h3-4,6,10-11H,5,7-9,16H2,1-2H3. The van der Waals surface area contributed by atoms with Gasteiger partial charge in [0.25, 0.3) is 0 Å². The zero-order chi connectivity index (χ0) is 13.4. The third-order valence-corrected chi connectivity index (χ3v) is 3.82. The van der Waals surface area contributed by atoms with Gasteiger partial charge in [0, 0.05) is 24.8 Å².